The first-order valence-corrected chi connectivity index (χ1v) is 6.35. The van der Waals surface area contributed by atoms with Crippen molar-refractivity contribution in [1.82, 2.24) is 20.1 Å². The van der Waals surface area contributed by atoms with Crippen molar-refractivity contribution in [2.24, 2.45) is 12.9 Å². The molecule has 2 heterocycles. The first kappa shape index (κ1) is 14.0. The molecule has 2 rings (SSSR count). The van der Waals surface area contributed by atoms with Gasteiger partial charge in [-0.15, -0.1) is 0 Å². The number of anilines is 1. The smallest absolute Gasteiger partial charge is 0.251 e. The van der Waals surface area contributed by atoms with Crippen LogP contribution in [-0.4, -0.2) is 20.7 Å². The number of carbonyl (C=O) groups is 1. The molecule has 0 atom stereocenters. The zero-order chi connectivity index (χ0) is 14.5. The Kier molecular flexibility index (Phi) is 4.31. The van der Waals surface area contributed by atoms with Gasteiger partial charge in [0.25, 0.3) is 5.91 Å². The van der Waals surface area contributed by atoms with Crippen LogP contribution in [0.2, 0.25) is 0 Å². The number of rotatable bonds is 5. The summed E-state index contributed by atoms with van der Waals surface area (Å²) in [6, 6.07) is 3.39. The van der Waals surface area contributed by atoms with Crippen LogP contribution in [0.1, 0.15) is 28.5 Å². The predicted molar refractivity (Wildman–Crippen MR) is 75.8 cm³/mol. The monoisotopic (exact) mass is 274 g/mol. The summed E-state index contributed by atoms with van der Waals surface area (Å²) in [6.07, 6.45) is 4.31. The summed E-state index contributed by atoms with van der Waals surface area (Å²) in [5.41, 5.74) is 4.76. The van der Waals surface area contributed by atoms with Gasteiger partial charge < -0.3 is 10.7 Å². The van der Waals surface area contributed by atoms with E-state index in [-0.39, 0.29) is 5.91 Å². The molecule has 2 aromatic rings. The number of hydrogen-bond acceptors (Lipinski definition) is 5. The molecular formula is C13H18N6O. The molecule has 2 aromatic heterocycles. The van der Waals surface area contributed by atoms with E-state index in [1.54, 1.807) is 23.0 Å². The first-order chi connectivity index (χ1) is 9.62. The fraction of sp³-hybridized carbons (Fsp3) is 0.308. The molecule has 1 amide bonds. The van der Waals surface area contributed by atoms with Crippen molar-refractivity contribution in [1.29, 1.82) is 0 Å². The zero-order valence-corrected chi connectivity index (χ0v) is 11.6. The SMILES string of the molecule is CCc1cc(C(=O)NCc2cnn(C)c2)cc(NN)n1. The van der Waals surface area contributed by atoms with Crippen LogP contribution in [0.25, 0.3) is 0 Å². The van der Waals surface area contributed by atoms with E-state index in [0.29, 0.717) is 17.9 Å². The summed E-state index contributed by atoms with van der Waals surface area (Å²) < 4.78 is 1.69. The predicted octanol–water partition coefficient (Wildman–Crippen LogP) is 0.593. The third-order valence-electron chi connectivity index (χ3n) is 2.86. The Morgan fingerprint density at radius 1 is 1.45 bits per heavy atom. The lowest BCUT2D eigenvalue weighted by Crippen LogP contribution is -2.23. The molecule has 0 unspecified atom stereocenters. The first-order valence-electron chi connectivity index (χ1n) is 6.35. The number of carbonyl (C=O) groups excluding carboxylic acids is 1. The van der Waals surface area contributed by atoms with E-state index in [2.05, 4.69) is 20.8 Å². The summed E-state index contributed by atoms with van der Waals surface area (Å²) in [5.74, 6) is 5.67. The zero-order valence-electron chi connectivity index (χ0n) is 11.6. The maximum Gasteiger partial charge on any atom is 0.251 e. The highest BCUT2D eigenvalue weighted by molar-refractivity contribution is 5.94. The van der Waals surface area contributed by atoms with Crippen molar-refractivity contribution in [2.75, 3.05) is 5.43 Å². The second-order valence-corrected chi connectivity index (χ2v) is 4.44. The van der Waals surface area contributed by atoms with Gasteiger partial charge in [-0.1, -0.05) is 6.92 Å². The minimum Gasteiger partial charge on any atom is -0.348 e. The molecule has 0 saturated heterocycles. The number of nitrogens with one attached hydrogen (secondary N) is 2. The Morgan fingerprint density at radius 3 is 2.85 bits per heavy atom. The second-order valence-electron chi connectivity index (χ2n) is 4.44. The molecule has 7 heteroatoms. The van der Waals surface area contributed by atoms with Gasteiger partial charge in [0.1, 0.15) is 5.82 Å². The van der Waals surface area contributed by atoms with Crippen LogP contribution in [0.3, 0.4) is 0 Å². The fourth-order valence-corrected chi connectivity index (χ4v) is 1.82. The van der Waals surface area contributed by atoms with Crippen LogP contribution in [0, 0.1) is 0 Å². The van der Waals surface area contributed by atoms with Gasteiger partial charge in [0.15, 0.2) is 0 Å². The molecule has 4 N–H and O–H groups in total. The van der Waals surface area contributed by atoms with Gasteiger partial charge in [-0.05, 0) is 18.6 Å². The normalized spacial score (nSPS) is 10.3. The van der Waals surface area contributed by atoms with Crippen molar-refractivity contribution in [3.8, 4) is 0 Å². The number of pyridine rings is 1. The van der Waals surface area contributed by atoms with Gasteiger partial charge in [-0.2, -0.15) is 5.10 Å². The van der Waals surface area contributed by atoms with Crippen LogP contribution in [0.5, 0.6) is 0 Å². The van der Waals surface area contributed by atoms with E-state index in [0.717, 1.165) is 17.7 Å². The molecule has 0 spiro atoms. The number of nitrogens with two attached hydrogens (primary N) is 1. The summed E-state index contributed by atoms with van der Waals surface area (Å²) in [6.45, 7) is 2.40. The number of hydrazine groups is 1. The van der Waals surface area contributed by atoms with E-state index >= 15 is 0 Å². The number of amides is 1. The molecule has 0 aliphatic heterocycles. The maximum absolute atomic E-state index is 12.1. The number of nitrogen functional groups attached to an aromatic ring is 1. The molecule has 0 aliphatic carbocycles. The van der Waals surface area contributed by atoms with E-state index in [1.165, 1.54) is 0 Å². The molecule has 0 radical (unpaired) electrons. The van der Waals surface area contributed by atoms with E-state index in [1.807, 2.05) is 20.2 Å². The highest BCUT2D eigenvalue weighted by Gasteiger charge is 2.09. The Morgan fingerprint density at radius 2 is 2.25 bits per heavy atom. The van der Waals surface area contributed by atoms with Gasteiger partial charge in [0.05, 0.1) is 6.20 Å². The molecule has 0 saturated carbocycles. The van der Waals surface area contributed by atoms with E-state index < -0.39 is 0 Å². The third kappa shape index (κ3) is 3.33. The summed E-state index contributed by atoms with van der Waals surface area (Å²) >= 11 is 0. The molecule has 106 valence electrons. The van der Waals surface area contributed by atoms with Gasteiger partial charge in [0.2, 0.25) is 0 Å². The molecule has 0 aliphatic rings. The van der Waals surface area contributed by atoms with Crippen LogP contribution >= 0.6 is 0 Å². The van der Waals surface area contributed by atoms with Gasteiger partial charge in [-0.25, -0.2) is 10.8 Å². The topological polar surface area (TPSA) is 97.9 Å². The lowest BCUT2D eigenvalue weighted by molar-refractivity contribution is 0.0950. The van der Waals surface area contributed by atoms with Crippen molar-refractivity contribution in [3.05, 3.63) is 41.3 Å². The highest BCUT2D eigenvalue weighted by atomic mass is 16.1. The van der Waals surface area contributed by atoms with Crippen molar-refractivity contribution in [3.63, 3.8) is 0 Å². The van der Waals surface area contributed by atoms with Crippen molar-refractivity contribution >= 4 is 11.7 Å². The Hall–Kier alpha value is -2.41. The third-order valence-corrected chi connectivity index (χ3v) is 2.86. The van der Waals surface area contributed by atoms with Gasteiger partial charge in [-0.3, -0.25) is 9.48 Å². The standard InChI is InChI=1S/C13H18N6O/c1-3-11-4-10(5-12(17-11)18-14)13(20)15-6-9-7-16-19(2)8-9/h4-5,7-8H,3,6,14H2,1-2H3,(H,15,20)(H,17,18). The number of hydrogen-bond donors (Lipinski definition) is 3. The van der Waals surface area contributed by atoms with Crippen molar-refractivity contribution < 1.29 is 4.79 Å². The lowest BCUT2D eigenvalue weighted by atomic mass is 10.2. The summed E-state index contributed by atoms with van der Waals surface area (Å²) in [7, 11) is 1.83. The van der Waals surface area contributed by atoms with Gasteiger partial charge in [0, 0.05) is 36.6 Å². The van der Waals surface area contributed by atoms with Crippen LogP contribution < -0.4 is 16.6 Å². The molecule has 7 nitrogen and oxygen atoms in total. The lowest BCUT2D eigenvalue weighted by Gasteiger charge is -2.08. The summed E-state index contributed by atoms with van der Waals surface area (Å²) in [4.78, 5) is 16.4. The van der Waals surface area contributed by atoms with Crippen LogP contribution in [0.4, 0.5) is 5.82 Å². The second kappa shape index (κ2) is 6.16. The van der Waals surface area contributed by atoms with Gasteiger partial charge >= 0.3 is 0 Å². The molecule has 0 bridgehead atoms. The van der Waals surface area contributed by atoms with E-state index in [4.69, 9.17) is 5.84 Å². The fourth-order valence-electron chi connectivity index (χ4n) is 1.82. The highest BCUT2D eigenvalue weighted by Crippen LogP contribution is 2.10. The number of aromatic nitrogens is 3. The summed E-state index contributed by atoms with van der Waals surface area (Å²) in [5, 5.41) is 6.89. The Bertz CT molecular complexity index is 584. The quantitative estimate of drug-likeness (QED) is 0.547. The van der Waals surface area contributed by atoms with E-state index in [9.17, 15) is 4.79 Å². The minimum absolute atomic E-state index is 0.164. The van der Waals surface area contributed by atoms with Crippen molar-refractivity contribution in [2.45, 2.75) is 19.9 Å². The molecule has 0 fully saturated rings. The molecular weight excluding hydrogens is 256 g/mol. The Labute approximate surface area is 117 Å². The molecule has 0 aromatic carbocycles. The number of aryl methyl sites for hydroxylation is 2. The number of nitrogens with zero attached hydrogens (tertiary/aromatic N) is 3. The minimum atomic E-state index is -0.164. The average Bonchev–Trinajstić information content (AvgIpc) is 2.89. The van der Waals surface area contributed by atoms with Crippen LogP contribution in [0.15, 0.2) is 24.5 Å². The maximum atomic E-state index is 12.1. The average molecular weight is 274 g/mol. The van der Waals surface area contributed by atoms with Crippen LogP contribution in [-0.2, 0) is 20.0 Å². The largest absolute Gasteiger partial charge is 0.348 e. The Balaban J connectivity index is 2.08. The molecule has 20 heavy (non-hydrogen) atoms.